The molecule has 8 heteroatoms. The normalized spacial score (nSPS) is 15.7. The Hall–Kier alpha value is -2.87. The molecule has 0 bridgehead atoms. The lowest BCUT2D eigenvalue weighted by Crippen LogP contribution is -3.13. The van der Waals surface area contributed by atoms with Gasteiger partial charge in [-0.15, -0.1) is 0 Å². The molecular weight excluding hydrogens is 395 g/mol. The van der Waals surface area contributed by atoms with E-state index in [4.69, 9.17) is 4.42 Å². The molecule has 0 amide bonds. The van der Waals surface area contributed by atoms with E-state index in [0.717, 1.165) is 61.4 Å². The second-order valence-corrected chi connectivity index (χ2v) is 7.65. The number of aromatic nitrogens is 1. The molecule has 0 saturated carbocycles. The van der Waals surface area contributed by atoms with E-state index in [-0.39, 0.29) is 5.63 Å². The van der Waals surface area contributed by atoms with E-state index in [9.17, 15) is 18.0 Å². The summed E-state index contributed by atoms with van der Waals surface area (Å²) in [5, 5.41) is 0.956. The first-order chi connectivity index (χ1) is 14.3. The lowest BCUT2D eigenvalue weighted by Gasteiger charge is -2.28. The summed E-state index contributed by atoms with van der Waals surface area (Å²) < 4.78 is 43.6. The summed E-state index contributed by atoms with van der Waals surface area (Å²) in [5.41, 5.74) is 1.68. The van der Waals surface area contributed by atoms with E-state index in [1.165, 1.54) is 11.0 Å². The molecule has 4 rings (SSSR count). The molecule has 2 N–H and O–H groups in total. The molecule has 2 aromatic heterocycles. The van der Waals surface area contributed by atoms with Gasteiger partial charge >= 0.3 is 11.8 Å². The number of pyridine rings is 1. The van der Waals surface area contributed by atoms with Crippen LogP contribution in [0.4, 0.5) is 19.0 Å². The SMILES string of the molecule is CCc1ccc2c(C[NH+]3CCN(c4ccc(C(F)(F)F)c[nH+]4)CC3)cc(=O)oc2c1. The Morgan fingerprint density at radius 2 is 1.90 bits per heavy atom. The minimum atomic E-state index is -4.35. The molecule has 0 radical (unpaired) electrons. The maximum absolute atomic E-state index is 12.7. The molecule has 5 nitrogen and oxygen atoms in total. The Morgan fingerprint density at radius 3 is 2.53 bits per heavy atom. The summed E-state index contributed by atoms with van der Waals surface area (Å²) in [6.45, 7) is 5.85. The van der Waals surface area contributed by atoms with Gasteiger partial charge in [-0.1, -0.05) is 19.1 Å². The van der Waals surface area contributed by atoms with Crippen molar-refractivity contribution in [2.75, 3.05) is 31.1 Å². The van der Waals surface area contributed by atoms with E-state index in [2.05, 4.69) is 22.9 Å². The zero-order valence-corrected chi connectivity index (χ0v) is 16.7. The highest BCUT2D eigenvalue weighted by atomic mass is 19.4. The highest BCUT2D eigenvalue weighted by molar-refractivity contribution is 5.80. The van der Waals surface area contributed by atoms with Crippen molar-refractivity contribution in [3.05, 3.63) is 69.7 Å². The fraction of sp³-hybridized carbons (Fsp3) is 0.364. The first kappa shape index (κ1) is 20.4. The van der Waals surface area contributed by atoms with Crippen molar-refractivity contribution in [2.24, 2.45) is 0 Å². The second-order valence-electron chi connectivity index (χ2n) is 7.65. The number of hydrogen-bond acceptors (Lipinski definition) is 3. The first-order valence-corrected chi connectivity index (χ1v) is 10.1. The lowest BCUT2D eigenvalue weighted by molar-refractivity contribution is -0.914. The van der Waals surface area contributed by atoms with Crippen molar-refractivity contribution in [2.45, 2.75) is 26.1 Å². The third-order valence-corrected chi connectivity index (χ3v) is 5.68. The fourth-order valence-electron chi connectivity index (χ4n) is 3.94. The van der Waals surface area contributed by atoms with E-state index in [1.807, 2.05) is 12.1 Å². The average Bonchev–Trinajstić information content (AvgIpc) is 2.73. The third kappa shape index (κ3) is 4.33. The van der Waals surface area contributed by atoms with Gasteiger partial charge in [-0.05, 0) is 24.1 Å². The number of nitrogens with one attached hydrogen (secondary N) is 2. The van der Waals surface area contributed by atoms with Gasteiger partial charge in [-0.3, -0.25) is 4.90 Å². The maximum Gasteiger partial charge on any atom is 0.419 e. The molecule has 3 aromatic rings. The van der Waals surface area contributed by atoms with E-state index in [0.29, 0.717) is 17.9 Å². The molecule has 3 heterocycles. The third-order valence-electron chi connectivity index (χ3n) is 5.68. The Morgan fingerprint density at radius 1 is 1.13 bits per heavy atom. The summed E-state index contributed by atoms with van der Waals surface area (Å²) >= 11 is 0. The quantitative estimate of drug-likeness (QED) is 0.659. The number of alkyl halides is 3. The monoisotopic (exact) mass is 419 g/mol. The Labute approximate surface area is 171 Å². The van der Waals surface area contributed by atoms with Crippen LogP contribution in [0.2, 0.25) is 0 Å². The molecule has 1 aliphatic heterocycles. The molecule has 1 saturated heterocycles. The molecule has 0 atom stereocenters. The van der Waals surface area contributed by atoms with Gasteiger partial charge in [0.05, 0.1) is 5.56 Å². The van der Waals surface area contributed by atoms with Gasteiger partial charge < -0.3 is 9.32 Å². The van der Waals surface area contributed by atoms with Crippen molar-refractivity contribution in [1.29, 1.82) is 0 Å². The van der Waals surface area contributed by atoms with Crippen LogP contribution in [0.15, 0.2) is 51.8 Å². The summed E-state index contributed by atoms with van der Waals surface area (Å²) in [4.78, 5) is 18.1. The van der Waals surface area contributed by atoms with E-state index >= 15 is 0 Å². The predicted molar refractivity (Wildman–Crippen MR) is 106 cm³/mol. The number of fused-ring (bicyclic) bond motifs is 1. The summed E-state index contributed by atoms with van der Waals surface area (Å²) in [5.74, 6) is 0.681. The van der Waals surface area contributed by atoms with Gasteiger partial charge in [-0.2, -0.15) is 13.2 Å². The number of nitrogens with zero attached hydrogens (tertiary/aromatic N) is 1. The van der Waals surface area contributed by atoms with Gasteiger partial charge in [0.15, 0.2) is 0 Å². The Bertz CT molecular complexity index is 1090. The minimum absolute atomic E-state index is 0.344. The van der Waals surface area contributed by atoms with Gasteiger partial charge in [0.2, 0.25) is 0 Å². The second kappa shape index (κ2) is 8.10. The number of quaternary nitrogens is 1. The van der Waals surface area contributed by atoms with Gasteiger partial charge in [-0.25, -0.2) is 9.78 Å². The van der Waals surface area contributed by atoms with Gasteiger partial charge in [0, 0.05) is 23.1 Å². The number of benzene rings is 1. The fourth-order valence-corrected chi connectivity index (χ4v) is 3.94. The summed E-state index contributed by atoms with van der Waals surface area (Å²) in [6.07, 6.45) is -2.46. The summed E-state index contributed by atoms with van der Waals surface area (Å²) in [6, 6.07) is 10.1. The van der Waals surface area contributed by atoms with Crippen molar-refractivity contribution in [1.82, 2.24) is 0 Å². The molecule has 30 heavy (non-hydrogen) atoms. The van der Waals surface area contributed by atoms with Crippen LogP contribution in [0.3, 0.4) is 0 Å². The number of hydrogen-bond donors (Lipinski definition) is 1. The van der Waals surface area contributed by atoms with Crippen LogP contribution in [-0.4, -0.2) is 26.2 Å². The average molecular weight is 419 g/mol. The van der Waals surface area contributed by atoms with Crippen molar-refractivity contribution >= 4 is 16.8 Å². The topological polar surface area (TPSA) is 52.0 Å². The molecule has 0 spiro atoms. The maximum atomic E-state index is 12.7. The molecule has 1 fully saturated rings. The van der Waals surface area contributed by atoms with Crippen molar-refractivity contribution < 1.29 is 27.5 Å². The van der Waals surface area contributed by atoms with Crippen LogP contribution >= 0.6 is 0 Å². The highest BCUT2D eigenvalue weighted by Crippen LogP contribution is 2.28. The number of piperazine rings is 1. The molecule has 0 unspecified atom stereocenters. The van der Waals surface area contributed by atoms with Gasteiger partial charge in [0.1, 0.15) is 44.5 Å². The molecular formula is C22H24F3N3O2+2. The number of anilines is 1. The summed E-state index contributed by atoms with van der Waals surface area (Å²) in [7, 11) is 0. The van der Waals surface area contributed by atoms with Crippen molar-refractivity contribution in [3.63, 3.8) is 0 Å². The molecule has 1 aromatic carbocycles. The minimum Gasteiger partial charge on any atom is -0.423 e. The number of H-pyrrole nitrogens is 1. The Kier molecular flexibility index (Phi) is 5.51. The van der Waals surface area contributed by atoms with Crippen LogP contribution in [0.1, 0.15) is 23.6 Å². The highest BCUT2D eigenvalue weighted by Gasteiger charge is 2.33. The van der Waals surface area contributed by atoms with Crippen LogP contribution in [0.25, 0.3) is 11.0 Å². The predicted octanol–water partition coefficient (Wildman–Crippen LogP) is 2.09. The van der Waals surface area contributed by atoms with Crippen LogP contribution in [0.5, 0.6) is 0 Å². The number of aryl methyl sites for hydroxylation is 1. The van der Waals surface area contributed by atoms with Crippen LogP contribution in [0, 0.1) is 0 Å². The van der Waals surface area contributed by atoms with Crippen LogP contribution in [-0.2, 0) is 19.1 Å². The largest absolute Gasteiger partial charge is 0.423 e. The smallest absolute Gasteiger partial charge is 0.419 e. The van der Waals surface area contributed by atoms with E-state index < -0.39 is 11.7 Å². The zero-order chi connectivity index (χ0) is 21.3. The number of aromatic amines is 1. The number of halogens is 3. The number of rotatable bonds is 4. The van der Waals surface area contributed by atoms with Crippen molar-refractivity contribution in [3.8, 4) is 0 Å². The Balaban J connectivity index is 1.44. The van der Waals surface area contributed by atoms with E-state index in [1.54, 1.807) is 6.07 Å². The molecule has 0 aliphatic carbocycles. The molecule has 1 aliphatic rings. The zero-order valence-electron chi connectivity index (χ0n) is 16.7. The lowest BCUT2D eigenvalue weighted by atomic mass is 10.1. The van der Waals surface area contributed by atoms with Gasteiger partial charge in [0.25, 0.3) is 5.82 Å². The van der Waals surface area contributed by atoms with Crippen LogP contribution < -0.4 is 20.4 Å². The standard InChI is InChI=1S/C22H22F3N3O2/c1-2-15-3-5-18-16(12-21(29)30-19(18)11-15)14-27-7-9-28(10-8-27)20-6-4-17(13-26-20)22(23,24)25/h3-6,11-13H,2,7-10,14H2,1H3/p+2. The molecule has 158 valence electrons. The first-order valence-electron chi connectivity index (χ1n) is 10.1.